The molecule has 5 heteroatoms. The zero-order valence-electron chi connectivity index (χ0n) is 12.9. The Morgan fingerprint density at radius 2 is 2.19 bits per heavy atom. The number of carbonyl (C=O) groups excluding carboxylic acids is 1. The molecule has 2 amide bonds. The molecule has 1 aromatic carbocycles. The van der Waals surface area contributed by atoms with E-state index >= 15 is 0 Å². The molecule has 0 aromatic heterocycles. The van der Waals surface area contributed by atoms with Crippen LogP contribution in [0.2, 0.25) is 0 Å². The van der Waals surface area contributed by atoms with E-state index in [1.54, 1.807) is 0 Å². The number of benzene rings is 1. The van der Waals surface area contributed by atoms with Crippen molar-refractivity contribution < 1.29 is 15.0 Å². The Bertz CT molecular complexity index is 530. The number of nitrogens with one attached hydrogen (secondary N) is 1. The first-order valence-electron chi connectivity index (χ1n) is 7.34. The molecule has 2 rings (SSSR count). The molecule has 0 saturated carbocycles. The summed E-state index contributed by atoms with van der Waals surface area (Å²) in [7, 11) is 0. The zero-order chi connectivity index (χ0) is 15.6. The van der Waals surface area contributed by atoms with Crippen molar-refractivity contribution in [3.8, 4) is 0 Å². The van der Waals surface area contributed by atoms with Crippen molar-refractivity contribution in [1.82, 2.24) is 4.90 Å². The molecule has 0 spiro atoms. The van der Waals surface area contributed by atoms with E-state index in [-0.39, 0.29) is 19.2 Å². The predicted molar refractivity (Wildman–Crippen MR) is 82.5 cm³/mol. The molecule has 1 aromatic rings. The van der Waals surface area contributed by atoms with Gasteiger partial charge in [0.2, 0.25) is 0 Å². The molecule has 21 heavy (non-hydrogen) atoms. The van der Waals surface area contributed by atoms with E-state index in [0.717, 1.165) is 5.69 Å². The summed E-state index contributed by atoms with van der Waals surface area (Å²) in [6, 6.07) is 5.64. The van der Waals surface area contributed by atoms with Gasteiger partial charge in [0, 0.05) is 12.2 Å². The van der Waals surface area contributed by atoms with Crippen molar-refractivity contribution in [3.05, 3.63) is 29.3 Å². The number of amides is 2. The third kappa shape index (κ3) is 3.54. The number of likely N-dealkylation sites (tertiary alicyclic amines) is 1. The van der Waals surface area contributed by atoms with Crippen molar-refractivity contribution in [2.75, 3.05) is 25.0 Å². The number of carbonyl (C=O) groups is 1. The van der Waals surface area contributed by atoms with Gasteiger partial charge in [-0.05, 0) is 42.5 Å². The highest BCUT2D eigenvalue weighted by molar-refractivity contribution is 5.89. The number of anilines is 1. The second-order valence-electron chi connectivity index (χ2n) is 6.21. The van der Waals surface area contributed by atoms with Crippen LogP contribution in [0.25, 0.3) is 0 Å². The molecule has 1 aliphatic rings. The zero-order valence-corrected chi connectivity index (χ0v) is 12.9. The Labute approximate surface area is 125 Å². The third-order valence-electron chi connectivity index (χ3n) is 4.07. The number of hydrogen-bond donors (Lipinski definition) is 3. The monoisotopic (exact) mass is 292 g/mol. The van der Waals surface area contributed by atoms with Crippen LogP contribution >= 0.6 is 0 Å². The van der Waals surface area contributed by atoms with Gasteiger partial charge in [-0.25, -0.2) is 4.79 Å². The topological polar surface area (TPSA) is 72.8 Å². The summed E-state index contributed by atoms with van der Waals surface area (Å²) >= 11 is 0. The van der Waals surface area contributed by atoms with E-state index in [2.05, 4.69) is 26.1 Å². The van der Waals surface area contributed by atoms with Gasteiger partial charge in [0.15, 0.2) is 0 Å². The van der Waals surface area contributed by atoms with Crippen molar-refractivity contribution in [3.63, 3.8) is 0 Å². The Morgan fingerprint density at radius 3 is 2.76 bits per heavy atom. The third-order valence-corrected chi connectivity index (χ3v) is 4.07. The minimum atomic E-state index is -1.16. The number of β-amino-alcohol motifs (C(OH)–C–C–N with tert-alkyl or cyclic N) is 1. The van der Waals surface area contributed by atoms with Crippen molar-refractivity contribution in [2.24, 2.45) is 0 Å². The van der Waals surface area contributed by atoms with Crippen molar-refractivity contribution in [1.29, 1.82) is 0 Å². The number of hydrogen-bond acceptors (Lipinski definition) is 3. The maximum absolute atomic E-state index is 12.2. The van der Waals surface area contributed by atoms with Gasteiger partial charge in [-0.1, -0.05) is 19.9 Å². The average molecular weight is 292 g/mol. The van der Waals surface area contributed by atoms with Gasteiger partial charge >= 0.3 is 6.03 Å². The lowest BCUT2D eigenvalue weighted by Gasteiger charge is -2.21. The van der Waals surface area contributed by atoms with Gasteiger partial charge in [0.1, 0.15) is 5.60 Å². The molecule has 3 N–H and O–H groups in total. The van der Waals surface area contributed by atoms with Crippen LogP contribution in [0.15, 0.2) is 18.2 Å². The summed E-state index contributed by atoms with van der Waals surface area (Å²) in [4.78, 5) is 13.7. The first-order chi connectivity index (χ1) is 9.84. The lowest BCUT2D eigenvalue weighted by Crippen LogP contribution is -2.40. The summed E-state index contributed by atoms with van der Waals surface area (Å²) in [5, 5.41) is 22.0. The lowest BCUT2D eigenvalue weighted by atomic mass is 9.97. The van der Waals surface area contributed by atoms with E-state index in [9.17, 15) is 9.90 Å². The first kappa shape index (κ1) is 15.8. The molecule has 0 radical (unpaired) electrons. The first-order valence-corrected chi connectivity index (χ1v) is 7.34. The maximum atomic E-state index is 12.2. The minimum Gasteiger partial charge on any atom is -0.393 e. The predicted octanol–water partition coefficient (Wildman–Crippen LogP) is 2.08. The Morgan fingerprint density at radius 1 is 1.48 bits per heavy atom. The number of urea groups is 1. The molecule has 116 valence electrons. The summed E-state index contributed by atoms with van der Waals surface area (Å²) in [6.07, 6.45) is 0.405. The van der Waals surface area contributed by atoms with Crippen LogP contribution in [0.5, 0.6) is 0 Å². The van der Waals surface area contributed by atoms with Crippen LogP contribution in [0.4, 0.5) is 10.5 Å². The summed E-state index contributed by atoms with van der Waals surface area (Å²) in [6.45, 7) is 6.59. The molecular formula is C16H24N2O3. The van der Waals surface area contributed by atoms with Crippen LogP contribution in [0, 0.1) is 6.92 Å². The van der Waals surface area contributed by atoms with Crippen LogP contribution in [0.3, 0.4) is 0 Å². The van der Waals surface area contributed by atoms with E-state index in [4.69, 9.17) is 5.11 Å². The van der Waals surface area contributed by atoms with Crippen molar-refractivity contribution in [2.45, 2.75) is 38.7 Å². The molecule has 5 nitrogen and oxygen atoms in total. The Kier molecular flexibility index (Phi) is 4.54. The van der Waals surface area contributed by atoms with E-state index in [0.29, 0.717) is 18.9 Å². The number of aryl methyl sites for hydroxylation is 1. The maximum Gasteiger partial charge on any atom is 0.321 e. The fourth-order valence-electron chi connectivity index (χ4n) is 2.70. The molecule has 0 aliphatic carbocycles. The van der Waals surface area contributed by atoms with Gasteiger partial charge in [0.05, 0.1) is 13.2 Å². The largest absolute Gasteiger partial charge is 0.393 e. The number of rotatable bonds is 3. The van der Waals surface area contributed by atoms with Gasteiger partial charge in [-0.2, -0.15) is 0 Å². The fraction of sp³-hybridized carbons (Fsp3) is 0.562. The average Bonchev–Trinajstić information content (AvgIpc) is 2.84. The van der Waals surface area contributed by atoms with Crippen LogP contribution in [-0.2, 0) is 0 Å². The summed E-state index contributed by atoms with van der Waals surface area (Å²) in [5.41, 5.74) is 2.02. The molecule has 1 heterocycles. The lowest BCUT2D eigenvalue weighted by molar-refractivity contribution is -0.00246. The minimum absolute atomic E-state index is 0.165. The van der Waals surface area contributed by atoms with E-state index in [1.807, 2.05) is 18.2 Å². The number of nitrogens with zero attached hydrogens (tertiary/aromatic N) is 1. The van der Waals surface area contributed by atoms with Crippen LogP contribution in [-0.4, -0.2) is 46.4 Å². The van der Waals surface area contributed by atoms with Crippen LogP contribution in [0.1, 0.15) is 37.3 Å². The quantitative estimate of drug-likeness (QED) is 0.798. The van der Waals surface area contributed by atoms with Crippen molar-refractivity contribution >= 4 is 11.7 Å². The van der Waals surface area contributed by atoms with Gasteiger partial charge in [-0.3, -0.25) is 0 Å². The van der Waals surface area contributed by atoms with Gasteiger partial charge < -0.3 is 20.4 Å². The highest BCUT2D eigenvalue weighted by Crippen LogP contribution is 2.24. The molecule has 0 bridgehead atoms. The summed E-state index contributed by atoms with van der Waals surface area (Å²) < 4.78 is 0. The van der Waals surface area contributed by atoms with Gasteiger partial charge in [-0.15, -0.1) is 0 Å². The molecular weight excluding hydrogens is 268 g/mol. The van der Waals surface area contributed by atoms with Gasteiger partial charge in [0.25, 0.3) is 0 Å². The highest BCUT2D eigenvalue weighted by atomic mass is 16.3. The fourth-order valence-corrected chi connectivity index (χ4v) is 2.70. The highest BCUT2D eigenvalue weighted by Gasteiger charge is 2.37. The Balaban J connectivity index is 2.05. The smallest absolute Gasteiger partial charge is 0.321 e. The number of aliphatic hydroxyl groups excluding tert-OH is 1. The normalized spacial score (nSPS) is 21.9. The summed E-state index contributed by atoms with van der Waals surface area (Å²) in [5.74, 6) is 0.396. The standard InChI is InChI=1S/C16H24N2O3/c1-11(2)14-8-13(5-4-12(14)3)17-15(20)18-7-6-16(21,9-18)10-19/h4-5,8,11,19,21H,6-7,9-10H2,1-3H3,(H,17,20)/t16-/m1/s1. The van der Waals surface area contributed by atoms with E-state index in [1.165, 1.54) is 16.0 Å². The Hall–Kier alpha value is -1.59. The SMILES string of the molecule is Cc1ccc(NC(=O)N2CC[C@](O)(CO)C2)cc1C(C)C. The molecule has 1 aliphatic heterocycles. The molecule has 1 atom stereocenters. The number of aliphatic hydroxyl groups is 2. The second kappa shape index (κ2) is 6.03. The van der Waals surface area contributed by atoms with E-state index < -0.39 is 5.60 Å². The molecule has 1 saturated heterocycles. The second-order valence-corrected chi connectivity index (χ2v) is 6.21. The molecule has 1 fully saturated rings. The van der Waals surface area contributed by atoms with Crippen LogP contribution < -0.4 is 5.32 Å². The molecule has 0 unspecified atom stereocenters.